The molecule has 45 heavy (non-hydrogen) atoms. The van der Waals surface area contributed by atoms with Crippen LogP contribution in [0.2, 0.25) is 0 Å². The van der Waals surface area contributed by atoms with Crippen molar-refractivity contribution in [3.8, 4) is 23.0 Å². The van der Waals surface area contributed by atoms with Gasteiger partial charge in [-0.3, -0.25) is 14.5 Å². The fourth-order valence-corrected chi connectivity index (χ4v) is 8.09. The van der Waals surface area contributed by atoms with Gasteiger partial charge in [-0.05, 0) is 99.0 Å². The lowest BCUT2D eigenvalue weighted by atomic mass is 9.55. The van der Waals surface area contributed by atoms with E-state index in [0.29, 0.717) is 35.8 Å². The lowest BCUT2D eigenvalue weighted by Crippen LogP contribution is -2.62. The van der Waals surface area contributed by atoms with Gasteiger partial charge in [0.25, 0.3) is 0 Å². The highest BCUT2D eigenvalue weighted by atomic mass is 16.6. The molecule has 2 aromatic rings. The monoisotopic (exact) mass is 624 g/mol. The van der Waals surface area contributed by atoms with E-state index in [4.69, 9.17) is 28.4 Å². The van der Waals surface area contributed by atoms with Crippen LogP contribution in [-0.2, 0) is 37.4 Å². The van der Waals surface area contributed by atoms with Gasteiger partial charge in [0.1, 0.15) is 0 Å². The molecule has 246 valence electrons. The first-order chi connectivity index (χ1) is 21.8. The van der Waals surface area contributed by atoms with Crippen molar-refractivity contribution in [1.29, 1.82) is 0 Å². The molecule has 2 aromatic carbocycles. The van der Waals surface area contributed by atoms with Crippen LogP contribution in [0.25, 0.3) is 0 Å². The van der Waals surface area contributed by atoms with Crippen LogP contribution in [0.1, 0.15) is 68.3 Å². The number of carbonyl (C=O) groups is 2. The van der Waals surface area contributed by atoms with E-state index in [1.807, 2.05) is 0 Å². The number of ether oxygens (including phenoxy) is 6. The zero-order valence-electron chi connectivity index (χ0n) is 27.7. The highest BCUT2D eigenvalue weighted by Gasteiger charge is 2.62. The van der Waals surface area contributed by atoms with Gasteiger partial charge in [-0.1, -0.05) is 6.92 Å². The topological polar surface area (TPSA) is 105 Å². The van der Waals surface area contributed by atoms with Gasteiger partial charge >= 0.3 is 11.9 Å². The van der Waals surface area contributed by atoms with Crippen LogP contribution in [0.15, 0.2) is 24.3 Å². The van der Waals surface area contributed by atoms with Crippen LogP contribution >= 0.6 is 0 Å². The van der Waals surface area contributed by atoms with Crippen LogP contribution in [0.5, 0.6) is 23.0 Å². The summed E-state index contributed by atoms with van der Waals surface area (Å²) in [5, 5.41) is 3.95. The molecule has 1 fully saturated rings. The molecule has 1 N–H and O–H groups in total. The molecule has 3 unspecified atom stereocenters. The molecule has 0 bridgehead atoms. The molecule has 1 spiro atoms. The summed E-state index contributed by atoms with van der Waals surface area (Å²) >= 11 is 0. The maximum atomic E-state index is 13.9. The van der Waals surface area contributed by atoms with Crippen molar-refractivity contribution >= 4 is 11.9 Å². The van der Waals surface area contributed by atoms with Gasteiger partial charge < -0.3 is 33.7 Å². The van der Waals surface area contributed by atoms with E-state index in [0.717, 1.165) is 43.6 Å². The Morgan fingerprint density at radius 1 is 0.800 bits per heavy atom. The first-order valence-electron chi connectivity index (χ1n) is 16.1. The molecule has 0 amide bonds. The minimum absolute atomic E-state index is 0.159. The van der Waals surface area contributed by atoms with Gasteiger partial charge in [0.2, 0.25) is 0 Å². The summed E-state index contributed by atoms with van der Waals surface area (Å²) < 4.78 is 34.3. The van der Waals surface area contributed by atoms with Gasteiger partial charge in [-0.2, -0.15) is 0 Å². The summed E-state index contributed by atoms with van der Waals surface area (Å²) in [6.45, 7) is 8.41. The number of likely N-dealkylation sites (N-methyl/N-ethyl adjacent to an activating group) is 1. The van der Waals surface area contributed by atoms with E-state index in [1.165, 1.54) is 11.1 Å². The number of carbonyl (C=O) groups excluding carboxylic acids is 2. The number of nitrogens with zero attached hydrogens (tertiary/aromatic N) is 1. The Hall–Kier alpha value is -3.50. The third-order valence-electron chi connectivity index (χ3n) is 10.2. The highest BCUT2D eigenvalue weighted by Crippen LogP contribution is 2.59. The number of nitrogens with one attached hydrogen (secondary N) is 1. The first-order valence-corrected chi connectivity index (χ1v) is 16.1. The second-order valence-corrected chi connectivity index (χ2v) is 12.1. The summed E-state index contributed by atoms with van der Waals surface area (Å²) in [7, 11) is 6.59. The average molecular weight is 625 g/mol. The summed E-state index contributed by atoms with van der Waals surface area (Å²) in [5.74, 6) is 1.39. The predicted octanol–water partition coefficient (Wildman–Crippen LogP) is 4.59. The average Bonchev–Trinajstić information content (AvgIpc) is 3.07. The summed E-state index contributed by atoms with van der Waals surface area (Å²) in [4.78, 5) is 30.3. The molecule has 3 aliphatic rings. The third kappa shape index (κ3) is 5.50. The van der Waals surface area contributed by atoms with Crippen molar-refractivity contribution in [2.75, 3.05) is 61.3 Å². The molecule has 0 radical (unpaired) electrons. The summed E-state index contributed by atoms with van der Waals surface area (Å²) in [5.41, 5.74) is 2.54. The molecule has 2 heterocycles. The molecule has 10 heteroatoms. The van der Waals surface area contributed by atoms with Gasteiger partial charge in [0.05, 0.1) is 41.7 Å². The van der Waals surface area contributed by atoms with Gasteiger partial charge in [-0.25, -0.2) is 0 Å². The largest absolute Gasteiger partial charge is 0.493 e. The lowest BCUT2D eigenvalue weighted by Gasteiger charge is -2.57. The number of esters is 2. The number of hydrogen-bond acceptors (Lipinski definition) is 10. The molecule has 5 rings (SSSR count). The lowest BCUT2D eigenvalue weighted by molar-refractivity contribution is -0.180. The Kier molecular flexibility index (Phi) is 9.84. The Balaban J connectivity index is 1.78. The maximum absolute atomic E-state index is 13.9. The molecule has 2 aliphatic heterocycles. The summed E-state index contributed by atoms with van der Waals surface area (Å²) in [6.07, 6.45) is 2.72. The minimum Gasteiger partial charge on any atom is -0.493 e. The Labute approximate surface area is 266 Å². The predicted molar refractivity (Wildman–Crippen MR) is 169 cm³/mol. The number of methoxy groups -OCH3 is 4. The van der Waals surface area contributed by atoms with E-state index in [-0.39, 0.29) is 31.6 Å². The van der Waals surface area contributed by atoms with Crippen LogP contribution in [0.3, 0.4) is 0 Å². The maximum Gasteiger partial charge on any atom is 0.323 e. The molecular weight excluding hydrogens is 576 g/mol. The number of fused-ring (bicyclic) bond motifs is 3. The van der Waals surface area contributed by atoms with E-state index in [1.54, 1.807) is 42.3 Å². The van der Waals surface area contributed by atoms with E-state index < -0.39 is 22.9 Å². The quantitative estimate of drug-likeness (QED) is 0.298. The molecule has 3 atom stereocenters. The summed E-state index contributed by atoms with van der Waals surface area (Å²) in [6, 6.07) is 8.16. The molecule has 1 saturated carbocycles. The van der Waals surface area contributed by atoms with E-state index in [9.17, 15) is 9.59 Å². The van der Waals surface area contributed by atoms with E-state index >= 15 is 0 Å². The highest BCUT2D eigenvalue weighted by molar-refractivity contribution is 6.00. The Morgan fingerprint density at radius 2 is 1.38 bits per heavy atom. The molecule has 0 saturated heterocycles. The SMILES string of the molecule is CCOC(=O)C1(C(=O)OCC)CCC2(NCCc3cc(OC)c(OC)cc32)C(C2c3cc(OC)c(OC)cc3CCN2CC)C1. The van der Waals surface area contributed by atoms with Crippen molar-refractivity contribution in [1.82, 2.24) is 10.2 Å². The van der Waals surface area contributed by atoms with Gasteiger partial charge in [-0.15, -0.1) is 0 Å². The molecule has 1 aliphatic carbocycles. The van der Waals surface area contributed by atoms with Crippen molar-refractivity contribution < 1.29 is 38.0 Å². The fraction of sp³-hybridized carbons (Fsp3) is 0.600. The van der Waals surface area contributed by atoms with Gasteiger partial charge in [0, 0.05) is 30.6 Å². The molecule has 0 aromatic heterocycles. The zero-order valence-corrected chi connectivity index (χ0v) is 27.7. The Morgan fingerprint density at radius 3 is 1.96 bits per heavy atom. The van der Waals surface area contributed by atoms with Gasteiger partial charge in [0.15, 0.2) is 28.4 Å². The number of hydrogen-bond donors (Lipinski definition) is 1. The van der Waals surface area contributed by atoms with Crippen molar-refractivity contribution in [3.63, 3.8) is 0 Å². The molecule has 10 nitrogen and oxygen atoms in total. The normalized spacial score (nSPS) is 23.8. The second-order valence-electron chi connectivity index (χ2n) is 12.1. The van der Waals surface area contributed by atoms with Crippen LogP contribution in [0, 0.1) is 11.3 Å². The smallest absolute Gasteiger partial charge is 0.323 e. The zero-order chi connectivity index (χ0) is 32.4. The van der Waals surface area contributed by atoms with Crippen molar-refractivity contribution in [2.24, 2.45) is 11.3 Å². The fourth-order valence-electron chi connectivity index (χ4n) is 8.09. The first kappa shape index (κ1) is 32.9. The standard InChI is InChI=1S/C35H48N2O8/c1-8-37-16-12-22-17-27(40-4)29(42-6)19-24(22)31(37)26-21-34(32(38)44-9-2,33(39)45-10-3)13-14-35(26)25-20-30(43-7)28(41-5)18-23(25)11-15-36-35/h17-20,26,31,36H,8-16,21H2,1-7H3. The minimum atomic E-state index is -1.44. The van der Waals surface area contributed by atoms with Crippen LogP contribution in [-0.4, -0.2) is 78.1 Å². The molecular formula is C35H48N2O8. The number of rotatable bonds is 10. The second kappa shape index (κ2) is 13.5. The van der Waals surface area contributed by atoms with Crippen LogP contribution < -0.4 is 24.3 Å². The van der Waals surface area contributed by atoms with E-state index in [2.05, 4.69) is 41.4 Å². The Bertz CT molecular complexity index is 1390. The van der Waals surface area contributed by atoms with Crippen molar-refractivity contribution in [2.45, 2.75) is 64.5 Å². The third-order valence-corrected chi connectivity index (χ3v) is 10.2. The number of benzene rings is 2. The van der Waals surface area contributed by atoms with Crippen LogP contribution in [0.4, 0.5) is 0 Å². The van der Waals surface area contributed by atoms with Crippen molar-refractivity contribution in [3.05, 3.63) is 46.5 Å².